The lowest BCUT2D eigenvalue weighted by Crippen LogP contribution is -2.37. The van der Waals surface area contributed by atoms with E-state index in [9.17, 15) is 4.79 Å². The second-order valence-electron chi connectivity index (χ2n) is 7.78. The van der Waals surface area contributed by atoms with E-state index in [2.05, 4.69) is 36.4 Å². The predicted molar refractivity (Wildman–Crippen MR) is 109 cm³/mol. The van der Waals surface area contributed by atoms with Crippen molar-refractivity contribution in [2.45, 2.75) is 31.3 Å². The Morgan fingerprint density at radius 2 is 2.10 bits per heavy atom. The summed E-state index contributed by atoms with van der Waals surface area (Å²) in [7, 11) is 0. The lowest BCUT2D eigenvalue weighted by Gasteiger charge is -2.34. The van der Waals surface area contributed by atoms with Gasteiger partial charge in [-0.3, -0.25) is 4.79 Å². The standard InChI is InChI=1S/C21H20N8O/c30-21(24-13-4-5-13)16-6-7-18(26-25-16)28-10-8-15-19(23-12-22-15)20(28)17-11-14-3-1-2-9-29(14)27-17/h1-3,6-7,9,11-13,20H,4-5,8,10H2,(H,22,23)(H,24,30)/t20-/m0/s1. The van der Waals surface area contributed by atoms with Crippen LogP contribution in [0.1, 0.15) is 46.5 Å². The molecular weight excluding hydrogens is 380 g/mol. The van der Waals surface area contributed by atoms with Gasteiger partial charge in [0.25, 0.3) is 5.91 Å². The molecule has 150 valence electrons. The van der Waals surface area contributed by atoms with Crippen molar-refractivity contribution in [3.8, 4) is 0 Å². The number of imidazole rings is 1. The molecule has 4 aromatic heterocycles. The molecule has 2 N–H and O–H groups in total. The molecule has 9 heteroatoms. The summed E-state index contributed by atoms with van der Waals surface area (Å²) in [4.78, 5) is 22.2. The summed E-state index contributed by atoms with van der Waals surface area (Å²) < 4.78 is 1.87. The smallest absolute Gasteiger partial charge is 0.272 e. The van der Waals surface area contributed by atoms with Gasteiger partial charge in [0.05, 0.1) is 23.2 Å². The van der Waals surface area contributed by atoms with Gasteiger partial charge in [-0.1, -0.05) is 6.07 Å². The Morgan fingerprint density at radius 3 is 2.90 bits per heavy atom. The zero-order chi connectivity index (χ0) is 20.1. The molecule has 9 nitrogen and oxygen atoms in total. The Bertz CT molecular complexity index is 1190. The Morgan fingerprint density at radius 1 is 1.17 bits per heavy atom. The fraction of sp³-hybridized carbons (Fsp3) is 0.286. The van der Waals surface area contributed by atoms with Crippen LogP contribution in [-0.2, 0) is 6.42 Å². The molecule has 1 aliphatic heterocycles. The summed E-state index contributed by atoms with van der Waals surface area (Å²) in [5.41, 5.74) is 4.32. The number of hydrogen-bond donors (Lipinski definition) is 2. The molecular formula is C21H20N8O. The van der Waals surface area contributed by atoms with Crippen molar-refractivity contribution in [3.05, 3.63) is 71.7 Å². The molecule has 30 heavy (non-hydrogen) atoms. The minimum atomic E-state index is -0.180. The lowest BCUT2D eigenvalue weighted by molar-refractivity contribution is 0.0945. The maximum Gasteiger partial charge on any atom is 0.272 e. The van der Waals surface area contributed by atoms with Gasteiger partial charge in [-0.2, -0.15) is 5.10 Å². The summed E-state index contributed by atoms with van der Waals surface area (Å²) in [5.74, 6) is 0.537. The van der Waals surface area contributed by atoms with Gasteiger partial charge in [0, 0.05) is 30.9 Å². The number of aromatic nitrogens is 6. The fourth-order valence-electron chi connectivity index (χ4n) is 4.00. The van der Waals surface area contributed by atoms with E-state index in [1.807, 2.05) is 35.0 Å². The summed E-state index contributed by atoms with van der Waals surface area (Å²) in [6, 6.07) is 11.8. The van der Waals surface area contributed by atoms with E-state index in [4.69, 9.17) is 5.10 Å². The minimum Gasteiger partial charge on any atom is -0.348 e. The van der Waals surface area contributed by atoms with Crippen LogP contribution in [0.5, 0.6) is 0 Å². The molecule has 1 fully saturated rings. The molecule has 1 atom stereocenters. The SMILES string of the molecule is O=C(NC1CC1)c1ccc(N2CCc3[nH]cnc3[C@@H]2c2cc3ccccn3n2)nn1. The van der Waals surface area contributed by atoms with Gasteiger partial charge in [-0.15, -0.1) is 10.2 Å². The quantitative estimate of drug-likeness (QED) is 0.542. The highest BCUT2D eigenvalue weighted by atomic mass is 16.2. The van der Waals surface area contributed by atoms with Gasteiger partial charge in [0.2, 0.25) is 0 Å². The van der Waals surface area contributed by atoms with E-state index in [-0.39, 0.29) is 11.9 Å². The van der Waals surface area contributed by atoms with Crippen LogP contribution in [-0.4, -0.2) is 48.3 Å². The number of hydrogen-bond acceptors (Lipinski definition) is 6. The Hall–Kier alpha value is -3.75. The molecule has 0 aromatic carbocycles. The number of carbonyl (C=O) groups excluding carboxylic acids is 1. The average Bonchev–Trinajstić information content (AvgIpc) is 3.29. The van der Waals surface area contributed by atoms with Crippen LogP contribution in [0, 0.1) is 0 Å². The first-order valence-corrected chi connectivity index (χ1v) is 10.1. The first kappa shape index (κ1) is 17.1. The van der Waals surface area contributed by atoms with Crippen LogP contribution in [0.15, 0.2) is 48.9 Å². The summed E-state index contributed by atoms with van der Waals surface area (Å²) >= 11 is 0. The number of fused-ring (bicyclic) bond motifs is 2. The molecule has 0 unspecified atom stereocenters. The van der Waals surface area contributed by atoms with Crippen molar-refractivity contribution in [1.82, 2.24) is 35.1 Å². The number of aromatic amines is 1. The molecule has 4 aromatic rings. The van der Waals surface area contributed by atoms with E-state index in [1.54, 1.807) is 12.4 Å². The van der Waals surface area contributed by atoms with Crippen LogP contribution in [0.25, 0.3) is 5.52 Å². The normalized spacial score (nSPS) is 18.4. The third kappa shape index (κ3) is 2.90. The number of pyridine rings is 1. The number of nitrogens with one attached hydrogen (secondary N) is 2. The average molecular weight is 400 g/mol. The zero-order valence-electron chi connectivity index (χ0n) is 16.2. The zero-order valence-corrected chi connectivity index (χ0v) is 16.2. The van der Waals surface area contributed by atoms with Crippen molar-refractivity contribution in [1.29, 1.82) is 0 Å². The second-order valence-corrected chi connectivity index (χ2v) is 7.78. The topological polar surface area (TPSA) is 104 Å². The summed E-state index contributed by atoms with van der Waals surface area (Å²) in [6.45, 7) is 0.746. The van der Waals surface area contributed by atoms with Crippen LogP contribution < -0.4 is 10.2 Å². The van der Waals surface area contributed by atoms with Crippen molar-refractivity contribution in [3.63, 3.8) is 0 Å². The van der Waals surface area contributed by atoms with Crippen molar-refractivity contribution < 1.29 is 4.79 Å². The Kier molecular flexibility index (Phi) is 3.80. The van der Waals surface area contributed by atoms with Crippen LogP contribution in [0.4, 0.5) is 5.82 Å². The Balaban J connectivity index is 1.37. The van der Waals surface area contributed by atoms with Gasteiger partial charge < -0.3 is 15.2 Å². The van der Waals surface area contributed by atoms with Crippen LogP contribution in [0.3, 0.4) is 0 Å². The highest BCUT2D eigenvalue weighted by Crippen LogP contribution is 2.35. The van der Waals surface area contributed by atoms with Gasteiger partial charge in [0.15, 0.2) is 11.5 Å². The molecule has 1 aliphatic carbocycles. The van der Waals surface area contributed by atoms with Gasteiger partial charge >= 0.3 is 0 Å². The maximum atomic E-state index is 12.2. The molecule has 5 heterocycles. The van der Waals surface area contributed by atoms with E-state index >= 15 is 0 Å². The largest absolute Gasteiger partial charge is 0.348 e. The molecule has 1 saturated carbocycles. The fourth-order valence-corrected chi connectivity index (χ4v) is 4.00. The number of H-pyrrole nitrogens is 1. The van der Waals surface area contributed by atoms with Gasteiger partial charge in [-0.05, 0) is 43.2 Å². The maximum absolute atomic E-state index is 12.2. The molecule has 1 amide bonds. The highest BCUT2D eigenvalue weighted by molar-refractivity contribution is 5.92. The second kappa shape index (κ2) is 6.65. The molecule has 2 aliphatic rings. The third-order valence-corrected chi connectivity index (χ3v) is 5.68. The minimum absolute atomic E-state index is 0.165. The number of nitrogens with zero attached hydrogens (tertiary/aromatic N) is 6. The summed E-state index contributed by atoms with van der Waals surface area (Å²) in [6.07, 6.45) is 6.57. The first-order valence-electron chi connectivity index (χ1n) is 10.1. The third-order valence-electron chi connectivity index (χ3n) is 5.68. The monoisotopic (exact) mass is 400 g/mol. The lowest BCUT2D eigenvalue weighted by atomic mass is 9.99. The van der Waals surface area contributed by atoms with E-state index in [0.717, 1.165) is 48.4 Å². The number of anilines is 1. The predicted octanol–water partition coefficient (Wildman–Crippen LogP) is 1.89. The van der Waals surface area contributed by atoms with Crippen LogP contribution in [0.2, 0.25) is 0 Å². The molecule has 0 bridgehead atoms. The first-order chi connectivity index (χ1) is 14.8. The highest BCUT2D eigenvalue weighted by Gasteiger charge is 2.34. The molecule has 0 saturated heterocycles. The van der Waals surface area contributed by atoms with Crippen molar-refractivity contribution in [2.75, 3.05) is 11.4 Å². The summed E-state index contributed by atoms with van der Waals surface area (Å²) in [5, 5.41) is 16.3. The van der Waals surface area contributed by atoms with Gasteiger partial charge in [0.1, 0.15) is 6.04 Å². The van der Waals surface area contributed by atoms with Crippen LogP contribution >= 0.6 is 0 Å². The van der Waals surface area contributed by atoms with E-state index in [0.29, 0.717) is 17.6 Å². The van der Waals surface area contributed by atoms with E-state index < -0.39 is 0 Å². The van der Waals surface area contributed by atoms with Crippen molar-refractivity contribution in [2.24, 2.45) is 0 Å². The van der Waals surface area contributed by atoms with Gasteiger partial charge in [-0.25, -0.2) is 9.50 Å². The number of rotatable bonds is 4. The molecule has 6 rings (SSSR count). The number of amides is 1. The molecule has 0 spiro atoms. The molecule has 0 radical (unpaired) electrons. The van der Waals surface area contributed by atoms with E-state index in [1.165, 1.54) is 0 Å². The van der Waals surface area contributed by atoms with Crippen molar-refractivity contribution >= 4 is 17.2 Å². The number of carbonyl (C=O) groups is 1. The Labute approximate surface area is 172 Å².